The van der Waals surface area contributed by atoms with Crippen LogP contribution in [0.5, 0.6) is 0 Å². The van der Waals surface area contributed by atoms with Crippen molar-refractivity contribution in [2.75, 3.05) is 40.1 Å². The summed E-state index contributed by atoms with van der Waals surface area (Å²) in [5, 5.41) is 9.47. The molecule has 1 unspecified atom stereocenters. The first kappa shape index (κ1) is 13.2. The zero-order chi connectivity index (χ0) is 11.5. The zero-order valence-electron chi connectivity index (χ0n) is 10.0. The molecule has 0 aromatic heterocycles. The van der Waals surface area contributed by atoms with Gasteiger partial charge in [0.15, 0.2) is 0 Å². The number of aliphatic hydroxyl groups is 1. The molecule has 0 heterocycles. The molecule has 1 N–H and O–H groups in total. The number of nitrogens with zero attached hydrogens (tertiary/aromatic N) is 2. The lowest BCUT2D eigenvalue weighted by Gasteiger charge is -2.49. The molecule has 90 valence electrons. The monoisotopic (exact) mass is 234 g/mol. The smallest absolute Gasteiger partial charge is 0.0802 e. The molecule has 1 aliphatic carbocycles. The van der Waals surface area contributed by atoms with Gasteiger partial charge in [-0.15, -0.1) is 11.6 Å². The molecule has 15 heavy (non-hydrogen) atoms. The highest BCUT2D eigenvalue weighted by atomic mass is 35.5. The Bertz CT molecular complexity index is 195. The maximum absolute atomic E-state index is 9.47. The lowest BCUT2D eigenvalue weighted by atomic mass is 9.75. The summed E-state index contributed by atoms with van der Waals surface area (Å²) in [5.74, 6) is 0.319. The normalized spacial score (nSPS) is 21.8. The predicted octanol–water partition coefficient (Wildman–Crippen LogP) is 1.00. The Kier molecular flexibility index (Phi) is 4.84. The van der Waals surface area contributed by atoms with E-state index < -0.39 is 6.10 Å². The molecule has 1 rings (SSSR count). The van der Waals surface area contributed by atoms with Crippen molar-refractivity contribution in [2.45, 2.75) is 30.9 Å². The zero-order valence-corrected chi connectivity index (χ0v) is 10.8. The third-order valence-corrected chi connectivity index (χ3v) is 3.85. The van der Waals surface area contributed by atoms with E-state index in [0.717, 1.165) is 6.54 Å². The van der Waals surface area contributed by atoms with Gasteiger partial charge in [-0.05, 0) is 40.4 Å². The van der Waals surface area contributed by atoms with E-state index >= 15 is 0 Å². The Morgan fingerprint density at radius 3 is 2.27 bits per heavy atom. The SMILES string of the molecule is CN(CC(O)CCl)CC1(N(C)C)CCC1. The van der Waals surface area contributed by atoms with Gasteiger partial charge in [-0.1, -0.05) is 0 Å². The molecule has 0 bridgehead atoms. The lowest BCUT2D eigenvalue weighted by Crippen LogP contribution is -2.57. The van der Waals surface area contributed by atoms with Crippen molar-refractivity contribution < 1.29 is 5.11 Å². The van der Waals surface area contributed by atoms with Gasteiger partial charge in [-0.3, -0.25) is 0 Å². The Labute approximate surface area is 98.0 Å². The van der Waals surface area contributed by atoms with Crippen LogP contribution in [0.15, 0.2) is 0 Å². The minimum absolute atomic E-state index is 0.319. The van der Waals surface area contributed by atoms with E-state index in [0.29, 0.717) is 18.0 Å². The highest BCUT2D eigenvalue weighted by molar-refractivity contribution is 6.18. The average molecular weight is 235 g/mol. The van der Waals surface area contributed by atoms with E-state index in [2.05, 4.69) is 30.9 Å². The van der Waals surface area contributed by atoms with Crippen LogP contribution in [0.25, 0.3) is 0 Å². The predicted molar refractivity (Wildman–Crippen MR) is 64.5 cm³/mol. The number of hydrogen-bond donors (Lipinski definition) is 1. The fourth-order valence-electron chi connectivity index (χ4n) is 2.31. The van der Waals surface area contributed by atoms with E-state index in [1.165, 1.54) is 19.3 Å². The fraction of sp³-hybridized carbons (Fsp3) is 1.00. The largest absolute Gasteiger partial charge is 0.391 e. The van der Waals surface area contributed by atoms with Crippen LogP contribution < -0.4 is 0 Å². The van der Waals surface area contributed by atoms with E-state index in [-0.39, 0.29) is 0 Å². The van der Waals surface area contributed by atoms with Gasteiger partial charge >= 0.3 is 0 Å². The molecule has 3 nitrogen and oxygen atoms in total. The first-order valence-corrected chi connectivity index (χ1v) is 6.13. The third kappa shape index (κ3) is 3.31. The van der Waals surface area contributed by atoms with Crippen molar-refractivity contribution in [1.29, 1.82) is 0 Å². The molecular formula is C11H23ClN2O. The van der Waals surface area contributed by atoms with Crippen molar-refractivity contribution in [3.05, 3.63) is 0 Å². The van der Waals surface area contributed by atoms with Gasteiger partial charge in [0.05, 0.1) is 6.10 Å². The number of rotatable bonds is 6. The van der Waals surface area contributed by atoms with Gasteiger partial charge in [-0.25, -0.2) is 0 Å². The van der Waals surface area contributed by atoms with Crippen LogP contribution in [0.4, 0.5) is 0 Å². The summed E-state index contributed by atoms with van der Waals surface area (Å²) in [7, 11) is 6.34. The second kappa shape index (κ2) is 5.48. The van der Waals surface area contributed by atoms with Crippen LogP contribution in [-0.2, 0) is 0 Å². The van der Waals surface area contributed by atoms with Gasteiger partial charge in [-0.2, -0.15) is 0 Å². The second-order valence-corrected chi connectivity index (χ2v) is 5.29. The molecule has 0 aromatic rings. The van der Waals surface area contributed by atoms with Crippen LogP contribution in [0.2, 0.25) is 0 Å². The topological polar surface area (TPSA) is 26.7 Å². The highest BCUT2D eigenvalue weighted by Gasteiger charge is 2.39. The lowest BCUT2D eigenvalue weighted by molar-refractivity contribution is 0.0173. The molecule has 0 amide bonds. The van der Waals surface area contributed by atoms with Crippen molar-refractivity contribution in [3.63, 3.8) is 0 Å². The first-order chi connectivity index (χ1) is 7.00. The summed E-state index contributed by atoms with van der Waals surface area (Å²) < 4.78 is 0. The molecule has 0 aliphatic heterocycles. The molecule has 4 heteroatoms. The Morgan fingerprint density at radius 1 is 1.33 bits per heavy atom. The highest BCUT2D eigenvalue weighted by Crippen LogP contribution is 2.36. The average Bonchev–Trinajstić information content (AvgIpc) is 2.10. The standard InChI is InChI=1S/C11H23ClN2O/c1-13(2)11(5-4-6-11)9-14(3)8-10(15)7-12/h10,15H,4-9H2,1-3H3. The van der Waals surface area contributed by atoms with Crippen LogP contribution in [0.3, 0.4) is 0 Å². The fourth-order valence-corrected chi connectivity index (χ4v) is 2.40. The minimum atomic E-state index is -0.407. The second-order valence-electron chi connectivity index (χ2n) is 4.98. The molecule has 1 fully saturated rings. The minimum Gasteiger partial charge on any atom is -0.391 e. The molecule has 0 aromatic carbocycles. The number of likely N-dealkylation sites (N-methyl/N-ethyl adjacent to an activating group) is 2. The van der Waals surface area contributed by atoms with Crippen LogP contribution in [-0.4, -0.2) is 66.7 Å². The maximum atomic E-state index is 9.47. The maximum Gasteiger partial charge on any atom is 0.0802 e. The molecule has 1 atom stereocenters. The third-order valence-electron chi connectivity index (χ3n) is 3.50. The van der Waals surface area contributed by atoms with Crippen LogP contribution >= 0.6 is 11.6 Å². The molecular weight excluding hydrogens is 212 g/mol. The Balaban J connectivity index is 2.38. The Morgan fingerprint density at radius 2 is 1.93 bits per heavy atom. The van der Waals surface area contributed by atoms with Crippen molar-refractivity contribution in [2.24, 2.45) is 0 Å². The van der Waals surface area contributed by atoms with Gasteiger partial charge in [0, 0.05) is 24.5 Å². The van der Waals surface area contributed by atoms with E-state index in [1.54, 1.807) is 0 Å². The summed E-state index contributed by atoms with van der Waals surface area (Å²) in [5.41, 5.74) is 0.334. The van der Waals surface area contributed by atoms with Gasteiger partial charge < -0.3 is 14.9 Å². The molecule has 1 aliphatic rings. The Hall–Kier alpha value is 0.170. The summed E-state index contributed by atoms with van der Waals surface area (Å²) in [6.45, 7) is 1.69. The molecule has 1 saturated carbocycles. The summed E-state index contributed by atoms with van der Waals surface area (Å²) in [6.07, 6.45) is 3.45. The van der Waals surface area contributed by atoms with Crippen molar-refractivity contribution in [1.82, 2.24) is 9.80 Å². The number of halogens is 1. The molecule has 0 spiro atoms. The van der Waals surface area contributed by atoms with Crippen molar-refractivity contribution >= 4 is 11.6 Å². The van der Waals surface area contributed by atoms with E-state index in [1.807, 2.05) is 0 Å². The first-order valence-electron chi connectivity index (χ1n) is 5.60. The number of hydrogen-bond acceptors (Lipinski definition) is 3. The molecule has 0 radical (unpaired) electrons. The quantitative estimate of drug-likeness (QED) is 0.695. The van der Waals surface area contributed by atoms with Crippen molar-refractivity contribution in [3.8, 4) is 0 Å². The van der Waals surface area contributed by atoms with Crippen LogP contribution in [0.1, 0.15) is 19.3 Å². The van der Waals surface area contributed by atoms with Crippen LogP contribution in [0, 0.1) is 0 Å². The summed E-state index contributed by atoms with van der Waals surface area (Å²) in [6, 6.07) is 0. The van der Waals surface area contributed by atoms with E-state index in [9.17, 15) is 5.11 Å². The number of alkyl halides is 1. The van der Waals surface area contributed by atoms with Gasteiger partial charge in [0.1, 0.15) is 0 Å². The van der Waals surface area contributed by atoms with Gasteiger partial charge in [0.25, 0.3) is 0 Å². The summed E-state index contributed by atoms with van der Waals surface area (Å²) in [4.78, 5) is 4.51. The van der Waals surface area contributed by atoms with E-state index in [4.69, 9.17) is 11.6 Å². The summed E-state index contributed by atoms with van der Waals surface area (Å²) >= 11 is 5.59. The van der Waals surface area contributed by atoms with Gasteiger partial charge in [0.2, 0.25) is 0 Å². The molecule has 0 saturated heterocycles. The number of aliphatic hydroxyl groups excluding tert-OH is 1.